The van der Waals surface area contributed by atoms with E-state index in [1.165, 1.54) is 0 Å². The maximum absolute atomic E-state index is 12.4. The number of esters is 2. The van der Waals surface area contributed by atoms with Crippen molar-refractivity contribution in [1.29, 1.82) is 0 Å². The Morgan fingerprint density at radius 1 is 1.03 bits per heavy atom. The Bertz CT molecular complexity index is 767. The van der Waals surface area contributed by atoms with Gasteiger partial charge in [-0.2, -0.15) is 0 Å². The molecule has 178 valence electrons. The van der Waals surface area contributed by atoms with Crippen LogP contribution in [0.2, 0.25) is 0 Å². The Balaban J connectivity index is 0.00000900. The number of hydrogen-bond acceptors (Lipinski definition) is 8. The van der Waals surface area contributed by atoms with Crippen LogP contribution in [0.3, 0.4) is 0 Å². The van der Waals surface area contributed by atoms with Crippen LogP contribution < -0.4 is 14.8 Å². The standard InChI is InChI=1S/C22H35NO7.ClH/c1-8-9-10-23-12-14(25)16-15(29-19(27)21(2,3)4)11-13(24)17(26)18(16)30-20(28)22(5,6)7;/h11,14,23-26H,8-10,12H2,1-7H3;1H/t14-;/m1./s1. The molecule has 0 fully saturated rings. The quantitative estimate of drug-likeness (QED) is 0.199. The Morgan fingerprint density at radius 3 is 2.03 bits per heavy atom. The molecule has 1 aromatic carbocycles. The highest BCUT2D eigenvalue weighted by molar-refractivity contribution is 5.85. The molecule has 0 radical (unpaired) electrons. The number of rotatable bonds is 8. The van der Waals surface area contributed by atoms with Crippen molar-refractivity contribution >= 4 is 24.3 Å². The predicted molar refractivity (Wildman–Crippen MR) is 120 cm³/mol. The van der Waals surface area contributed by atoms with Crippen LogP contribution in [0.15, 0.2) is 6.07 Å². The van der Waals surface area contributed by atoms with Crippen molar-refractivity contribution in [2.24, 2.45) is 10.8 Å². The van der Waals surface area contributed by atoms with E-state index in [4.69, 9.17) is 9.47 Å². The summed E-state index contributed by atoms with van der Waals surface area (Å²) in [7, 11) is 0. The normalized spacial score (nSPS) is 12.6. The van der Waals surface area contributed by atoms with Crippen LogP contribution in [0, 0.1) is 10.8 Å². The average Bonchev–Trinajstić information content (AvgIpc) is 2.61. The molecule has 0 bridgehead atoms. The fourth-order valence-corrected chi connectivity index (χ4v) is 2.27. The van der Waals surface area contributed by atoms with Crippen molar-refractivity contribution in [2.75, 3.05) is 13.1 Å². The summed E-state index contributed by atoms with van der Waals surface area (Å²) in [5.74, 6) is -3.29. The van der Waals surface area contributed by atoms with Gasteiger partial charge in [0.05, 0.1) is 22.5 Å². The number of phenols is 2. The molecule has 0 saturated carbocycles. The van der Waals surface area contributed by atoms with Gasteiger partial charge in [-0.05, 0) is 54.5 Å². The molecule has 0 aliphatic carbocycles. The SMILES string of the molecule is CCCCNC[C@@H](O)c1c(OC(=O)C(C)(C)C)cc(O)c(O)c1OC(=O)C(C)(C)C.Cl. The summed E-state index contributed by atoms with van der Waals surface area (Å²) in [4.78, 5) is 24.9. The van der Waals surface area contributed by atoms with Gasteiger partial charge in [0.25, 0.3) is 0 Å². The van der Waals surface area contributed by atoms with Crippen molar-refractivity contribution in [3.05, 3.63) is 11.6 Å². The molecule has 0 aliphatic rings. The van der Waals surface area contributed by atoms with E-state index in [9.17, 15) is 24.9 Å². The van der Waals surface area contributed by atoms with Crippen LogP contribution >= 0.6 is 12.4 Å². The fourth-order valence-electron chi connectivity index (χ4n) is 2.27. The van der Waals surface area contributed by atoms with Gasteiger partial charge in [-0.3, -0.25) is 9.59 Å². The van der Waals surface area contributed by atoms with Gasteiger partial charge in [0.1, 0.15) is 5.75 Å². The molecule has 9 heteroatoms. The third-order valence-electron chi connectivity index (χ3n) is 4.24. The second-order valence-electron chi connectivity index (χ2n) is 9.34. The molecular weight excluding hydrogens is 426 g/mol. The molecule has 0 aliphatic heterocycles. The van der Waals surface area contributed by atoms with Crippen molar-refractivity contribution in [3.63, 3.8) is 0 Å². The van der Waals surface area contributed by atoms with E-state index >= 15 is 0 Å². The van der Waals surface area contributed by atoms with Crippen LogP contribution in [-0.2, 0) is 9.59 Å². The Morgan fingerprint density at radius 2 is 1.55 bits per heavy atom. The summed E-state index contributed by atoms with van der Waals surface area (Å²) in [5, 5.41) is 34.4. The number of carbonyl (C=O) groups excluding carboxylic acids is 2. The summed E-state index contributed by atoms with van der Waals surface area (Å²) < 4.78 is 10.8. The van der Waals surface area contributed by atoms with Gasteiger partial charge in [0.15, 0.2) is 11.5 Å². The van der Waals surface area contributed by atoms with Crippen molar-refractivity contribution in [3.8, 4) is 23.0 Å². The van der Waals surface area contributed by atoms with Crippen molar-refractivity contribution in [1.82, 2.24) is 5.32 Å². The molecule has 0 saturated heterocycles. The lowest BCUT2D eigenvalue weighted by molar-refractivity contribution is -0.143. The maximum Gasteiger partial charge on any atom is 0.316 e. The van der Waals surface area contributed by atoms with Crippen LogP contribution in [0.4, 0.5) is 0 Å². The summed E-state index contributed by atoms with van der Waals surface area (Å²) in [5.41, 5.74) is -1.87. The summed E-state index contributed by atoms with van der Waals surface area (Å²) in [6, 6.07) is 1.03. The van der Waals surface area contributed by atoms with Gasteiger partial charge in [0.2, 0.25) is 5.75 Å². The van der Waals surface area contributed by atoms with E-state index in [0.717, 1.165) is 18.9 Å². The number of carbonyl (C=O) groups is 2. The lowest BCUT2D eigenvalue weighted by Crippen LogP contribution is -2.29. The first-order valence-electron chi connectivity index (χ1n) is 10.1. The topological polar surface area (TPSA) is 125 Å². The second kappa shape index (κ2) is 11.5. The Kier molecular flexibility index (Phi) is 10.8. The molecular formula is C22H36ClNO7. The van der Waals surface area contributed by atoms with Gasteiger partial charge >= 0.3 is 11.9 Å². The highest BCUT2D eigenvalue weighted by Crippen LogP contribution is 2.47. The molecule has 1 atom stereocenters. The van der Waals surface area contributed by atoms with Crippen LogP contribution in [0.25, 0.3) is 0 Å². The van der Waals surface area contributed by atoms with E-state index in [2.05, 4.69) is 5.32 Å². The molecule has 0 spiro atoms. The number of halogens is 1. The molecule has 0 amide bonds. The molecule has 0 aromatic heterocycles. The summed E-state index contributed by atoms with van der Waals surface area (Å²) in [6.07, 6.45) is 0.580. The minimum absolute atomic E-state index is 0. The number of hydrogen-bond donors (Lipinski definition) is 4. The number of nitrogens with one attached hydrogen (secondary N) is 1. The van der Waals surface area contributed by atoms with Crippen LogP contribution in [-0.4, -0.2) is 40.3 Å². The van der Waals surface area contributed by atoms with Crippen molar-refractivity contribution in [2.45, 2.75) is 67.4 Å². The minimum Gasteiger partial charge on any atom is -0.504 e. The van der Waals surface area contributed by atoms with Gasteiger partial charge in [-0.1, -0.05) is 13.3 Å². The Labute approximate surface area is 190 Å². The Hall–Kier alpha value is -2.03. The number of phenolic OH excluding ortho intramolecular Hbond substituents is 2. The molecule has 31 heavy (non-hydrogen) atoms. The molecule has 1 aromatic rings. The zero-order chi connectivity index (χ0) is 23.3. The number of aliphatic hydroxyl groups is 1. The largest absolute Gasteiger partial charge is 0.504 e. The van der Waals surface area contributed by atoms with E-state index in [1.807, 2.05) is 6.92 Å². The first-order chi connectivity index (χ1) is 13.7. The lowest BCUT2D eigenvalue weighted by atomic mass is 9.96. The smallest absolute Gasteiger partial charge is 0.316 e. The van der Waals surface area contributed by atoms with Gasteiger partial charge in [0, 0.05) is 12.6 Å². The second-order valence-corrected chi connectivity index (χ2v) is 9.34. The van der Waals surface area contributed by atoms with E-state index < -0.39 is 46.1 Å². The molecule has 0 heterocycles. The van der Waals surface area contributed by atoms with Crippen LogP contribution in [0.5, 0.6) is 23.0 Å². The molecule has 0 unspecified atom stereocenters. The molecule has 1 rings (SSSR count). The van der Waals surface area contributed by atoms with E-state index in [1.54, 1.807) is 41.5 Å². The first kappa shape index (κ1) is 29.0. The molecule has 4 N–H and O–H groups in total. The zero-order valence-corrected chi connectivity index (χ0v) is 20.2. The van der Waals surface area contributed by atoms with E-state index in [0.29, 0.717) is 6.54 Å². The lowest BCUT2D eigenvalue weighted by Gasteiger charge is -2.24. The number of aromatic hydroxyl groups is 2. The van der Waals surface area contributed by atoms with Gasteiger partial charge < -0.3 is 30.1 Å². The number of benzene rings is 1. The highest BCUT2D eigenvalue weighted by Gasteiger charge is 2.33. The summed E-state index contributed by atoms with van der Waals surface area (Å²) in [6.45, 7) is 12.6. The average molecular weight is 462 g/mol. The number of ether oxygens (including phenoxy) is 2. The molecule has 8 nitrogen and oxygen atoms in total. The summed E-state index contributed by atoms with van der Waals surface area (Å²) >= 11 is 0. The minimum atomic E-state index is -1.28. The number of unbranched alkanes of at least 4 members (excludes halogenated alkanes) is 1. The van der Waals surface area contributed by atoms with E-state index in [-0.39, 0.29) is 30.3 Å². The van der Waals surface area contributed by atoms with Crippen LogP contribution in [0.1, 0.15) is 73.0 Å². The zero-order valence-electron chi connectivity index (χ0n) is 19.4. The first-order valence-corrected chi connectivity index (χ1v) is 10.1. The third kappa shape index (κ3) is 8.20. The predicted octanol–water partition coefficient (Wildman–Crippen LogP) is 3.85. The number of aliphatic hydroxyl groups excluding tert-OH is 1. The third-order valence-corrected chi connectivity index (χ3v) is 4.24. The monoisotopic (exact) mass is 461 g/mol. The maximum atomic E-state index is 12.4. The van der Waals surface area contributed by atoms with Gasteiger partial charge in [-0.15, -0.1) is 12.4 Å². The highest BCUT2D eigenvalue weighted by atomic mass is 35.5. The fraction of sp³-hybridized carbons (Fsp3) is 0.636. The van der Waals surface area contributed by atoms with Crippen molar-refractivity contribution < 1.29 is 34.4 Å². The van der Waals surface area contributed by atoms with Gasteiger partial charge in [-0.25, -0.2) is 0 Å².